The predicted octanol–water partition coefficient (Wildman–Crippen LogP) is 6.94. The molecule has 0 spiro atoms. The van der Waals surface area contributed by atoms with E-state index in [2.05, 4.69) is 0 Å². The largest absolute Gasteiger partial charge is 0.343 e. The molecule has 3 aromatic heterocycles. The van der Waals surface area contributed by atoms with E-state index in [9.17, 15) is 9.59 Å². The Hall–Kier alpha value is -6.21. The number of hydrogen-bond acceptors (Lipinski definition) is 5. The van der Waals surface area contributed by atoms with E-state index < -0.39 is 11.2 Å². The van der Waals surface area contributed by atoms with Crippen LogP contribution in [-0.2, 0) is 0 Å². The van der Waals surface area contributed by atoms with E-state index in [1.54, 1.807) is 6.07 Å². The summed E-state index contributed by atoms with van der Waals surface area (Å²) in [6.07, 6.45) is 0. The fraction of sp³-hybridized carbons (Fsp3) is 0. The normalized spacial score (nSPS) is 11.4. The Kier molecular flexibility index (Phi) is 5.94. The first-order chi connectivity index (χ1) is 21.7. The van der Waals surface area contributed by atoms with Crippen molar-refractivity contribution < 1.29 is 0 Å². The third-order valence-corrected chi connectivity index (χ3v) is 7.82. The van der Waals surface area contributed by atoms with Crippen LogP contribution < -0.4 is 11.2 Å². The lowest BCUT2D eigenvalue weighted by Gasteiger charge is -2.18. The molecule has 208 valence electrons. The molecule has 0 N–H and O–H groups in total. The zero-order valence-corrected chi connectivity index (χ0v) is 23.3. The molecule has 3 heterocycles. The van der Waals surface area contributed by atoms with E-state index in [0.29, 0.717) is 28.1 Å². The monoisotopic (exact) mass is 569 g/mol. The number of benzene rings is 5. The lowest BCUT2D eigenvalue weighted by molar-refractivity contribution is 0.834. The highest BCUT2D eigenvalue weighted by molar-refractivity contribution is 6.11. The van der Waals surface area contributed by atoms with Crippen molar-refractivity contribution in [2.45, 2.75) is 0 Å². The maximum Gasteiger partial charge on any atom is 0.343 e. The van der Waals surface area contributed by atoms with Gasteiger partial charge in [-0.1, -0.05) is 127 Å². The van der Waals surface area contributed by atoms with Crippen molar-refractivity contribution in [1.82, 2.24) is 23.9 Å². The van der Waals surface area contributed by atoms with Gasteiger partial charge in [0.05, 0.1) is 11.0 Å². The number of aromatic nitrogens is 5. The maximum atomic E-state index is 14.7. The van der Waals surface area contributed by atoms with Crippen molar-refractivity contribution in [2.24, 2.45) is 0 Å². The summed E-state index contributed by atoms with van der Waals surface area (Å²) in [5, 5.41) is 1.95. The highest BCUT2D eigenvalue weighted by Crippen LogP contribution is 2.34. The van der Waals surface area contributed by atoms with E-state index in [0.717, 1.165) is 33.0 Å². The predicted molar refractivity (Wildman–Crippen MR) is 174 cm³/mol. The van der Waals surface area contributed by atoms with Gasteiger partial charge < -0.3 is 0 Å². The summed E-state index contributed by atoms with van der Waals surface area (Å²) in [4.78, 5) is 43.3. The van der Waals surface area contributed by atoms with Crippen LogP contribution in [0.4, 0.5) is 0 Å². The second kappa shape index (κ2) is 10.3. The molecular weight excluding hydrogens is 546 g/mol. The average Bonchev–Trinajstić information content (AvgIpc) is 3.09. The van der Waals surface area contributed by atoms with Crippen LogP contribution in [0.3, 0.4) is 0 Å². The van der Waals surface area contributed by atoms with E-state index in [1.165, 1.54) is 8.97 Å². The Morgan fingerprint density at radius 1 is 0.455 bits per heavy atom. The van der Waals surface area contributed by atoms with Gasteiger partial charge >= 0.3 is 5.69 Å². The molecule has 0 saturated carbocycles. The summed E-state index contributed by atoms with van der Waals surface area (Å²) in [6.45, 7) is 0. The van der Waals surface area contributed by atoms with Crippen LogP contribution in [0.15, 0.2) is 149 Å². The number of para-hydroxylation sites is 1. The fourth-order valence-electron chi connectivity index (χ4n) is 5.85. The Morgan fingerprint density at radius 3 is 1.52 bits per heavy atom. The second-order valence-corrected chi connectivity index (χ2v) is 10.4. The van der Waals surface area contributed by atoms with E-state index >= 15 is 0 Å². The molecule has 0 bridgehead atoms. The highest BCUT2D eigenvalue weighted by atomic mass is 16.2. The van der Waals surface area contributed by atoms with Gasteiger partial charge in [-0.05, 0) is 23.1 Å². The molecule has 7 heteroatoms. The quantitative estimate of drug-likeness (QED) is 0.169. The van der Waals surface area contributed by atoms with E-state index in [1.807, 2.05) is 133 Å². The van der Waals surface area contributed by atoms with Gasteiger partial charge in [0.15, 0.2) is 11.6 Å². The van der Waals surface area contributed by atoms with Gasteiger partial charge in [-0.15, -0.1) is 0 Å². The van der Waals surface area contributed by atoms with Crippen LogP contribution in [0.25, 0.3) is 67.0 Å². The van der Waals surface area contributed by atoms with Gasteiger partial charge in [-0.25, -0.2) is 18.7 Å². The molecule has 0 unspecified atom stereocenters. The van der Waals surface area contributed by atoms with Crippen molar-refractivity contribution in [3.05, 3.63) is 160 Å². The number of fused-ring (bicyclic) bond motifs is 4. The van der Waals surface area contributed by atoms with E-state index in [4.69, 9.17) is 15.0 Å². The minimum atomic E-state index is -0.559. The first-order valence-corrected chi connectivity index (χ1v) is 14.2. The third-order valence-electron chi connectivity index (χ3n) is 7.82. The molecule has 0 radical (unpaired) electrons. The number of nitrogens with zero attached hydrogens (tertiary/aromatic N) is 5. The standard InChI is InChI=1S/C37H23N5O2/c43-35-28-21-11-10-20-27(28)31(24-14-4-1-5-15-24)32-29-22-12-13-23-30(29)41(37(44)42(32)35)36-39-33(25-16-6-2-7-17-25)38-34(40-36)26-18-8-3-9-19-26/h1-23H. The third kappa shape index (κ3) is 4.02. The lowest BCUT2D eigenvalue weighted by atomic mass is 9.96. The molecule has 0 saturated heterocycles. The Bertz CT molecular complexity index is 2410. The number of hydrogen-bond donors (Lipinski definition) is 0. The molecule has 8 rings (SSSR count). The molecular formula is C37H23N5O2. The summed E-state index contributed by atoms with van der Waals surface area (Å²) < 4.78 is 2.69. The van der Waals surface area contributed by atoms with Crippen LogP contribution in [-0.4, -0.2) is 23.9 Å². The first kappa shape index (κ1) is 25.5. The van der Waals surface area contributed by atoms with Crippen molar-refractivity contribution in [3.63, 3.8) is 0 Å². The Morgan fingerprint density at radius 2 is 0.932 bits per heavy atom. The average molecular weight is 570 g/mol. The molecule has 0 aliphatic heterocycles. The van der Waals surface area contributed by atoms with Crippen LogP contribution in [0, 0.1) is 0 Å². The summed E-state index contributed by atoms with van der Waals surface area (Å²) in [7, 11) is 0. The van der Waals surface area contributed by atoms with Gasteiger partial charge in [0, 0.05) is 27.5 Å². The maximum absolute atomic E-state index is 14.7. The fourth-order valence-corrected chi connectivity index (χ4v) is 5.85. The van der Waals surface area contributed by atoms with Crippen LogP contribution >= 0.6 is 0 Å². The summed E-state index contributed by atoms with van der Waals surface area (Å²) in [5.74, 6) is 0.963. The topological polar surface area (TPSA) is 82.2 Å². The zero-order chi connectivity index (χ0) is 29.6. The SMILES string of the molecule is O=c1c2ccccc2c(-c2ccccc2)c2c3ccccc3n(-c3nc(-c4ccccc4)nc(-c4ccccc4)n3)c(=O)n12. The van der Waals surface area contributed by atoms with Crippen LogP contribution in [0.2, 0.25) is 0 Å². The molecule has 0 atom stereocenters. The Labute approximate surface area is 251 Å². The van der Waals surface area contributed by atoms with Gasteiger partial charge in [0.2, 0.25) is 5.95 Å². The van der Waals surface area contributed by atoms with Crippen LogP contribution in [0.1, 0.15) is 0 Å². The molecule has 0 amide bonds. The van der Waals surface area contributed by atoms with Crippen LogP contribution in [0.5, 0.6) is 0 Å². The molecule has 0 aliphatic rings. The molecule has 44 heavy (non-hydrogen) atoms. The van der Waals surface area contributed by atoms with Crippen molar-refractivity contribution in [3.8, 4) is 39.9 Å². The molecule has 7 nitrogen and oxygen atoms in total. The summed E-state index contributed by atoms with van der Waals surface area (Å²) >= 11 is 0. The number of rotatable bonds is 4. The molecule has 0 aliphatic carbocycles. The smallest absolute Gasteiger partial charge is 0.268 e. The first-order valence-electron chi connectivity index (χ1n) is 14.2. The summed E-state index contributed by atoms with van der Waals surface area (Å²) in [6, 6.07) is 44.0. The number of pyridine rings is 1. The van der Waals surface area contributed by atoms with Gasteiger partial charge in [0.25, 0.3) is 5.56 Å². The van der Waals surface area contributed by atoms with Gasteiger partial charge in [0.1, 0.15) is 0 Å². The van der Waals surface area contributed by atoms with Crippen molar-refractivity contribution in [2.75, 3.05) is 0 Å². The minimum absolute atomic E-state index is 0.127. The molecule has 0 fully saturated rings. The van der Waals surface area contributed by atoms with Gasteiger partial charge in [-0.2, -0.15) is 9.97 Å². The minimum Gasteiger partial charge on any atom is -0.268 e. The zero-order valence-electron chi connectivity index (χ0n) is 23.3. The molecule has 5 aromatic carbocycles. The Balaban J connectivity index is 1.55. The van der Waals surface area contributed by atoms with Crippen molar-refractivity contribution >= 4 is 27.2 Å². The highest BCUT2D eigenvalue weighted by Gasteiger charge is 2.22. The lowest BCUT2D eigenvalue weighted by Crippen LogP contribution is -2.35. The molecule has 8 aromatic rings. The van der Waals surface area contributed by atoms with Crippen molar-refractivity contribution in [1.29, 1.82) is 0 Å². The summed E-state index contributed by atoms with van der Waals surface area (Å²) in [5.41, 5.74) is 3.43. The van der Waals surface area contributed by atoms with E-state index in [-0.39, 0.29) is 5.95 Å². The second-order valence-electron chi connectivity index (χ2n) is 10.4. The van der Waals surface area contributed by atoms with Gasteiger partial charge in [-0.3, -0.25) is 4.79 Å².